The van der Waals surface area contributed by atoms with Gasteiger partial charge < -0.3 is 61.6 Å². The maximum atomic E-state index is 13.7. The van der Waals surface area contributed by atoms with Crippen molar-refractivity contribution in [3.05, 3.63) is 139 Å². The first kappa shape index (κ1) is 69.9. The summed E-state index contributed by atoms with van der Waals surface area (Å²) >= 11 is 0. The number of hydrogen-bond donors (Lipinski definition) is 0. The molecule has 5 heterocycles. The number of ether oxygens (including phenoxy) is 13. The third-order valence-electron chi connectivity index (χ3n) is 17.6. The summed E-state index contributed by atoms with van der Waals surface area (Å²) < 4.78 is 82.0. The van der Waals surface area contributed by atoms with Crippen LogP contribution in [-0.4, -0.2) is 155 Å². The second kappa shape index (κ2) is 33.5. The molecule has 0 bridgehead atoms. The standard InChI is InChI=1S/C55H77N9O15.C8H8O2/c1-12-37-28(4)29(5)41(59-62-56)53(71-37)78-47-32(8)48(69-25-35-20-16-14-17-21-35)55(79-50(47)34(10)66)77-45-31(7)43(61-64-58)54(72-38(45)13-2)76-44-27(3)24-40(75-49(44)33(9)65)74-46-30(6)42(60-63-57)52(68-11)73-39(46)26-70-51(67)36-22-18-15-19-23-36;1-10-8(9)7-5-3-2-4-6-7/h14-23,27-32,37-50,52-55H,12-13,24-26H2,1-11H3;2-6H,1H3/t27-,28+,29+,30-,31-,32+,37?,38?,39?,40-,41?,42?,43?,44+,45+,46+,47+,48?,49?,50?,52+,53-,54-,55-;/m1./s1. The predicted octanol–water partition coefficient (Wildman–Crippen LogP) is 11.0. The van der Waals surface area contributed by atoms with Crippen molar-refractivity contribution in [2.24, 2.45) is 50.9 Å². The summed E-state index contributed by atoms with van der Waals surface area (Å²) in [6.45, 7) is 18.1. The highest BCUT2D eigenvalue weighted by atomic mass is 16.8. The summed E-state index contributed by atoms with van der Waals surface area (Å²) in [5.74, 6) is -3.78. The SMILES string of the molecule is CCC1O[C@H](O[C@@H]2C(C(C)=O)O[C@@H](O[C@@H]3C(CC)O[C@H](O[C@@H]4C(C(C)=O)O[C@@H](O[C@@H]5C(COC(=O)c6ccccc6)O[C@H](OC)C(N=[N+]=[N-])[C@H]5C)C[C@H]4C)C(N=[N+]=[N-])[C@H]3C)C(OCc3ccccc3)[C@H]2C)C(N=[N+]=[N-])[C@@H](C)[C@@H]1C.COC(=O)c1ccccc1. The lowest BCUT2D eigenvalue weighted by molar-refractivity contribution is -0.356. The van der Waals surface area contributed by atoms with Gasteiger partial charge in [0.1, 0.15) is 31.0 Å². The van der Waals surface area contributed by atoms with E-state index in [1.165, 1.54) is 28.1 Å². The number of methoxy groups -OCH3 is 2. The van der Waals surface area contributed by atoms with Crippen LogP contribution in [0.4, 0.5) is 0 Å². The maximum absolute atomic E-state index is 13.7. The van der Waals surface area contributed by atoms with Crippen LogP contribution in [0.25, 0.3) is 31.3 Å². The van der Waals surface area contributed by atoms with Crippen molar-refractivity contribution in [2.45, 2.75) is 206 Å². The number of azide groups is 3. The van der Waals surface area contributed by atoms with Gasteiger partial charge in [-0.2, -0.15) is 0 Å². The molecule has 89 heavy (non-hydrogen) atoms. The van der Waals surface area contributed by atoms with E-state index in [-0.39, 0.29) is 55.1 Å². The molecule has 0 radical (unpaired) electrons. The average molecular weight is 1240 g/mol. The smallest absolute Gasteiger partial charge is 0.338 e. The van der Waals surface area contributed by atoms with Gasteiger partial charge in [-0.15, -0.1) is 0 Å². The number of esters is 2. The van der Waals surface area contributed by atoms with E-state index in [2.05, 4.69) is 41.7 Å². The Morgan fingerprint density at radius 2 is 0.978 bits per heavy atom. The molecule has 26 nitrogen and oxygen atoms in total. The van der Waals surface area contributed by atoms with E-state index in [0.29, 0.717) is 24.0 Å². The number of ketones is 2. The molecule has 5 aliphatic rings. The molecule has 484 valence electrons. The van der Waals surface area contributed by atoms with Crippen LogP contribution in [0.3, 0.4) is 0 Å². The summed E-state index contributed by atoms with van der Waals surface area (Å²) in [5, 5.41) is 12.3. The fourth-order valence-corrected chi connectivity index (χ4v) is 12.4. The predicted molar refractivity (Wildman–Crippen MR) is 320 cm³/mol. The number of Topliss-reactive ketones (excluding diaryl/α,β-unsaturated/α-hetero) is 2. The van der Waals surface area contributed by atoms with Gasteiger partial charge in [-0.05, 0) is 103 Å². The molecule has 0 N–H and O–H groups in total. The molecule has 5 aliphatic heterocycles. The van der Waals surface area contributed by atoms with Crippen molar-refractivity contribution < 1.29 is 80.8 Å². The first-order chi connectivity index (χ1) is 42.8. The summed E-state index contributed by atoms with van der Waals surface area (Å²) in [6, 6.07) is 24.4. The minimum Gasteiger partial charge on any atom is -0.465 e. The van der Waals surface area contributed by atoms with Gasteiger partial charge in [0.05, 0.1) is 79.6 Å². The molecule has 5 saturated heterocycles. The largest absolute Gasteiger partial charge is 0.465 e. The van der Waals surface area contributed by atoms with E-state index in [9.17, 15) is 35.8 Å². The summed E-state index contributed by atoms with van der Waals surface area (Å²) in [7, 11) is 2.78. The quantitative estimate of drug-likeness (QED) is 0.0368. The van der Waals surface area contributed by atoms with Crippen LogP contribution in [0.1, 0.15) is 115 Å². The van der Waals surface area contributed by atoms with Crippen LogP contribution in [0.2, 0.25) is 0 Å². The Morgan fingerprint density at radius 1 is 0.506 bits per heavy atom. The highest BCUT2D eigenvalue weighted by molar-refractivity contribution is 5.89. The van der Waals surface area contributed by atoms with Gasteiger partial charge >= 0.3 is 11.9 Å². The molecule has 0 spiro atoms. The lowest BCUT2D eigenvalue weighted by Crippen LogP contribution is -2.63. The topological polar surface area (TPSA) is 335 Å². The Labute approximate surface area is 518 Å². The van der Waals surface area contributed by atoms with Crippen LogP contribution >= 0.6 is 0 Å². The Kier molecular flexibility index (Phi) is 26.3. The molecule has 0 aliphatic carbocycles. The van der Waals surface area contributed by atoms with Gasteiger partial charge in [0.2, 0.25) is 0 Å². The molecule has 3 aromatic carbocycles. The summed E-state index contributed by atoms with van der Waals surface area (Å²) in [5.41, 5.74) is 31.0. The van der Waals surface area contributed by atoms with Crippen molar-refractivity contribution in [2.75, 3.05) is 20.8 Å². The molecule has 8 rings (SSSR count). The van der Waals surface area contributed by atoms with Gasteiger partial charge in [-0.25, -0.2) is 9.59 Å². The zero-order valence-electron chi connectivity index (χ0n) is 52.5. The molecule has 5 fully saturated rings. The van der Waals surface area contributed by atoms with Crippen LogP contribution in [0, 0.1) is 35.5 Å². The van der Waals surface area contributed by atoms with Crippen molar-refractivity contribution >= 4 is 23.5 Å². The van der Waals surface area contributed by atoms with Crippen molar-refractivity contribution in [3.8, 4) is 0 Å². The fraction of sp³-hybridized carbons (Fsp3) is 0.651. The third-order valence-corrected chi connectivity index (χ3v) is 17.6. The van der Waals surface area contributed by atoms with Crippen LogP contribution in [-0.2, 0) is 77.8 Å². The number of nitrogens with zero attached hydrogens (tertiary/aromatic N) is 9. The van der Waals surface area contributed by atoms with Crippen molar-refractivity contribution in [1.29, 1.82) is 0 Å². The normalized spacial score (nSPS) is 36.0. The van der Waals surface area contributed by atoms with Gasteiger partial charge in [-0.3, -0.25) is 9.59 Å². The number of carbonyl (C=O) groups is 4. The first-order valence-electron chi connectivity index (χ1n) is 30.4. The van der Waals surface area contributed by atoms with Crippen LogP contribution in [0.5, 0.6) is 0 Å². The molecule has 0 saturated carbocycles. The van der Waals surface area contributed by atoms with Gasteiger partial charge in [0, 0.05) is 34.2 Å². The van der Waals surface area contributed by atoms with Crippen LogP contribution < -0.4 is 0 Å². The van der Waals surface area contributed by atoms with E-state index in [1.54, 1.807) is 61.5 Å². The summed E-state index contributed by atoms with van der Waals surface area (Å²) in [6.07, 6.45) is -12.6. The van der Waals surface area contributed by atoms with E-state index in [4.69, 9.17) is 56.8 Å². The Balaban J connectivity index is 0.00000102. The molecule has 26 heteroatoms. The van der Waals surface area contributed by atoms with Crippen LogP contribution in [0.15, 0.2) is 106 Å². The Morgan fingerprint density at radius 3 is 1.51 bits per heavy atom. The number of rotatable bonds is 23. The van der Waals surface area contributed by atoms with Gasteiger partial charge in [-0.1, -0.05) is 137 Å². The van der Waals surface area contributed by atoms with E-state index in [1.807, 2.05) is 77.9 Å². The fourth-order valence-electron chi connectivity index (χ4n) is 12.4. The molecule has 3 aromatic rings. The molecule has 24 atom stereocenters. The lowest BCUT2D eigenvalue weighted by Gasteiger charge is -2.51. The second-order valence-corrected chi connectivity index (χ2v) is 23.4. The van der Waals surface area contributed by atoms with E-state index >= 15 is 0 Å². The molecule has 0 amide bonds. The molecule has 9 unspecified atom stereocenters. The molecular formula is C63H85N9O17. The Bertz CT molecular complexity index is 2920. The molecular weight excluding hydrogens is 1150 g/mol. The number of hydrogen-bond acceptors (Lipinski definition) is 20. The monoisotopic (exact) mass is 1240 g/mol. The third kappa shape index (κ3) is 17.3. The van der Waals surface area contributed by atoms with E-state index in [0.717, 1.165) is 5.56 Å². The summed E-state index contributed by atoms with van der Waals surface area (Å²) in [4.78, 5) is 60.5. The maximum Gasteiger partial charge on any atom is 0.338 e. The second-order valence-electron chi connectivity index (χ2n) is 23.4. The number of carbonyl (C=O) groups excluding carboxylic acids is 4. The highest BCUT2D eigenvalue weighted by Crippen LogP contribution is 2.43. The average Bonchev–Trinajstić information content (AvgIpc) is 1.29. The highest BCUT2D eigenvalue weighted by Gasteiger charge is 2.55. The minimum atomic E-state index is -1.19. The Hall–Kier alpha value is -6.57. The molecule has 0 aromatic heterocycles. The van der Waals surface area contributed by atoms with Crippen molar-refractivity contribution in [3.63, 3.8) is 0 Å². The first-order valence-corrected chi connectivity index (χ1v) is 30.4. The zero-order chi connectivity index (χ0) is 64.5. The number of benzene rings is 3. The van der Waals surface area contributed by atoms with Crippen molar-refractivity contribution in [1.82, 2.24) is 0 Å². The minimum absolute atomic E-state index is 0.0652. The lowest BCUT2D eigenvalue weighted by atomic mass is 9.81. The van der Waals surface area contributed by atoms with Gasteiger partial charge in [0.25, 0.3) is 0 Å². The van der Waals surface area contributed by atoms with E-state index < -0.39 is 134 Å². The van der Waals surface area contributed by atoms with Gasteiger partial charge in [0.15, 0.2) is 43.0 Å². The zero-order valence-corrected chi connectivity index (χ0v) is 52.5.